The number of aromatic nitrogens is 2. The Labute approximate surface area is 123 Å². The van der Waals surface area contributed by atoms with Gasteiger partial charge in [0.05, 0.1) is 11.8 Å². The molecule has 21 heavy (non-hydrogen) atoms. The number of nitrogens with one attached hydrogen (secondary N) is 2. The maximum Gasteiger partial charge on any atom is 0.330 e. The summed E-state index contributed by atoms with van der Waals surface area (Å²) in [7, 11) is 1.39. The third kappa shape index (κ3) is 2.27. The first kappa shape index (κ1) is 13.6. The summed E-state index contributed by atoms with van der Waals surface area (Å²) in [6.07, 6.45) is 0.481. The maximum absolute atomic E-state index is 11.9. The number of aromatic hydroxyl groups is 1. The van der Waals surface area contributed by atoms with Crippen molar-refractivity contribution in [2.75, 3.05) is 0 Å². The zero-order valence-corrected chi connectivity index (χ0v) is 12.3. The minimum absolute atomic E-state index is 0.0188. The van der Waals surface area contributed by atoms with Crippen molar-refractivity contribution < 1.29 is 5.11 Å². The highest BCUT2D eigenvalue weighted by molar-refractivity contribution is 7.12. The second-order valence-corrected chi connectivity index (χ2v) is 6.23. The van der Waals surface area contributed by atoms with Crippen LogP contribution in [0.3, 0.4) is 0 Å². The van der Waals surface area contributed by atoms with Crippen molar-refractivity contribution in [1.82, 2.24) is 15.0 Å². The SMILES string of the molecule is Cc1ccc([C@H]2CC(c3c(O)n(C)c(=O)[nH]c3=O)=NN2)s1. The van der Waals surface area contributed by atoms with E-state index in [-0.39, 0.29) is 17.5 Å². The number of thiophene rings is 1. The van der Waals surface area contributed by atoms with Crippen LogP contribution in [-0.2, 0) is 7.05 Å². The van der Waals surface area contributed by atoms with E-state index in [1.807, 2.05) is 19.1 Å². The van der Waals surface area contributed by atoms with Crippen molar-refractivity contribution in [3.8, 4) is 5.88 Å². The van der Waals surface area contributed by atoms with Crippen molar-refractivity contribution in [1.29, 1.82) is 0 Å². The molecular weight excluding hydrogens is 292 g/mol. The van der Waals surface area contributed by atoms with Gasteiger partial charge in [-0.25, -0.2) is 4.79 Å². The molecule has 1 atom stereocenters. The average Bonchev–Trinajstić information content (AvgIpc) is 3.05. The van der Waals surface area contributed by atoms with Crippen LogP contribution in [0.25, 0.3) is 0 Å². The summed E-state index contributed by atoms with van der Waals surface area (Å²) < 4.78 is 0.988. The number of aromatic amines is 1. The predicted octanol–water partition coefficient (Wildman–Crippen LogP) is 0.588. The molecule has 0 aromatic carbocycles. The van der Waals surface area contributed by atoms with Gasteiger partial charge in [-0.15, -0.1) is 11.3 Å². The lowest BCUT2D eigenvalue weighted by atomic mass is 10.1. The van der Waals surface area contributed by atoms with Gasteiger partial charge in [0.15, 0.2) is 0 Å². The molecule has 1 aliphatic rings. The molecule has 0 radical (unpaired) electrons. The summed E-state index contributed by atoms with van der Waals surface area (Å²) in [6, 6.07) is 4.02. The molecule has 2 aromatic rings. The summed E-state index contributed by atoms with van der Waals surface area (Å²) in [5.41, 5.74) is 2.18. The molecule has 3 rings (SSSR count). The van der Waals surface area contributed by atoms with E-state index in [4.69, 9.17) is 0 Å². The van der Waals surface area contributed by atoms with Crippen LogP contribution in [0, 0.1) is 6.92 Å². The fourth-order valence-corrected chi connectivity index (χ4v) is 3.19. The number of H-pyrrole nitrogens is 1. The number of aryl methyl sites for hydroxylation is 1. The molecule has 0 unspecified atom stereocenters. The molecule has 0 saturated heterocycles. The summed E-state index contributed by atoms with van der Waals surface area (Å²) in [5, 5.41) is 14.2. The molecule has 7 nitrogen and oxygen atoms in total. The summed E-state index contributed by atoms with van der Waals surface area (Å²) in [6.45, 7) is 2.02. The Morgan fingerprint density at radius 1 is 1.43 bits per heavy atom. The average molecular weight is 306 g/mol. The first-order valence-electron chi connectivity index (χ1n) is 6.38. The Morgan fingerprint density at radius 2 is 2.19 bits per heavy atom. The van der Waals surface area contributed by atoms with Crippen molar-refractivity contribution in [2.24, 2.45) is 12.1 Å². The van der Waals surface area contributed by atoms with Crippen molar-refractivity contribution in [2.45, 2.75) is 19.4 Å². The van der Waals surface area contributed by atoms with Gasteiger partial charge in [0, 0.05) is 23.2 Å². The van der Waals surface area contributed by atoms with Crippen LogP contribution in [-0.4, -0.2) is 20.4 Å². The Bertz CT molecular complexity index is 846. The van der Waals surface area contributed by atoms with E-state index < -0.39 is 11.2 Å². The molecule has 3 N–H and O–H groups in total. The van der Waals surface area contributed by atoms with Gasteiger partial charge in [-0.1, -0.05) is 0 Å². The minimum Gasteiger partial charge on any atom is -0.494 e. The molecule has 0 aliphatic carbocycles. The van der Waals surface area contributed by atoms with E-state index >= 15 is 0 Å². The quantitative estimate of drug-likeness (QED) is 0.756. The monoisotopic (exact) mass is 306 g/mol. The molecule has 1 aliphatic heterocycles. The highest BCUT2D eigenvalue weighted by Crippen LogP contribution is 2.30. The van der Waals surface area contributed by atoms with Crippen LogP contribution in [0.15, 0.2) is 26.8 Å². The Kier molecular flexibility index (Phi) is 3.17. The molecule has 3 heterocycles. The summed E-state index contributed by atoms with van der Waals surface area (Å²) >= 11 is 1.66. The summed E-state index contributed by atoms with van der Waals surface area (Å²) in [5.74, 6) is -0.368. The smallest absolute Gasteiger partial charge is 0.330 e. The molecule has 2 aromatic heterocycles. The van der Waals surface area contributed by atoms with Gasteiger partial charge in [-0.2, -0.15) is 5.10 Å². The van der Waals surface area contributed by atoms with Crippen LogP contribution < -0.4 is 16.7 Å². The molecule has 0 saturated carbocycles. The van der Waals surface area contributed by atoms with Gasteiger partial charge in [-0.3, -0.25) is 14.3 Å². The fraction of sp³-hybridized carbons (Fsp3) is 0.308. The topological polar surface area (TPSA) is 99.5 Å². The van der Waals surface area contributed by atoms with E-state index in [0.717, 1.165) is 9.44 Å². The zero-order valence-electron chi connectivity index (χ0n) is 11.5. The lowest BCUT2D eigenvalue weighted by molar-refractivity contribution is 0.416. The second-order valence-electron chi connectivity index (χ2n) is 4.91. The van der Waals surface area contributed by atoms with Gasteiger partial charge in [0.25, 0.3) is 5.56 Å². The van der Waals surface area contributed by atoms with Gasteiger partial charge >= 0.3 is 5.69 Å². The Balaban J connectivity index is 1.96. The van der Waals surface area contributed by atoms with Crippen molar-refractivity contribution in [3.05, 3.63) is 48.3 Å². The first-order chi connectivity index (χ1) is 9.97. The fourth-order valence-electron chi connectivity index (χ4n) is 2.27. The minimum atomic E-state index is -0.654. The van der Waals surface area contributed by atoms with E-state index in [1.54, 1.807) is 11.3 Å². The molecule has 0 bridgehead atoms. The van der Waals surface area contributed by atoms with Crippen LogP contribution >= 0.6 is 11.3 Å². The Hall–Kier alpha value is -2.35. The summed E-state index contributed by atoms with van der Waals surface area (Å²) in [4.78, 5) is 27.8. The molecule has 0 amide bonds. The number of hydrogen-bond acceptors (Lipinski definition) is 6. The van der Waals surface area contributed by atoms with E-state index in [9.17, 15) is 14.7 Å². The number of nitrogens with zero attached hydrogens (tertiary/aromatic N) is 2. The third-order valence-corrected chi connectivity index (χ3v) is 4.55. The van der Waals surface area contributed by atoms with Crippen LogP contribution in [0.4, 0.5) is 0 Å². The molecule has 110 valence electrons. The van der Waals surface area contributed by atoms with E-state index in [1.165, 1.54) is 11.9 Å². The highest BCUT2D eigenvalue weighted by Gasteiger charge is 2.27. The van der Waals surface area contributed by atoms with Gasteiger partial charge in [0.2, 0.25) is 5.88 Å². The second kappa shape index (κ2) is 4.88. The van der Waals surface area contributed by atoms with Gasteiger partial charge < -0.3 is 10.5 Å². The van der Waals surface area contributed by atoms with Crippen LogP contribution in [0.5, 0.6) is 5.88 Å². The highest BCUT2D eigenvalue weighted by atomic mass is 32.1. The first-order valence-corrected chi connectivity index (χ1v) is 7.20. The molecule has 8 heteroatoms. The molecule has 0 spiro atoms. The Morgan fingerprint density at radius 3 is 2.86 bits per heavy atom. The standard InChI is InChI=1S/C13H14N4O3S/c1-6-3-4-9(21-6)7-5-8(16-15-7)10-11(18)14-13(20)17(2)12(10)19/h3-4,7,15,19H,5H2,1-2H3,(H,14,18,20)/t7-/m1/s1. The zero-order chi connectivity index (χ0) is 15.1. The van der Waals surface area contributed by atoms with Crippen molar-refractivity contribution in [3.63, 3.8) is 0 Å². The van der Waals surface area contributed by atoms with Crippen molar-refractivity contribution >= 4 is 17.0 Å². The number of hydrazone groups is 1. The van der Waals surface area contributed by atoms with Crippen LogP contribution in [0.1, 0.15) is 27.8 Å². The predicted molar refractivity (Wildman–Crippen MR) is 80.1 cm³/mol. The lowest BCUT2D eigenvalue weighted by Gasteiger charge is -2.08. The van der Waals surface area contributed by atoms with E-state index in [2.05, 4.69) is 15.5 Å². The maximum atomic E-state index is 11.9. The van der Waals surface area contributed by atoms with Gasteiger partial charge in [-0.05, 0) is 19.1 Å². The molecule has 0 fully saturated rings. The third-order valence-electron chi connectivity index (χ3n) is 3.44. The lowest BCUT2D eigenvalue weighted by Crippen LogP contribution is -2.32. The van der Waals surface area contributed by atoms with Crippen LogP contribution in [0.2, 0.25) is 0 Å². The normalized spacial score (nSPS) is 17.6. The number of rotatable bonds is 2. The van der Waals surface area contributed by atoms with Gasteiger partial charge in [0.1, 0.15) is 5.56 Å². The molecular formula is C13H14N4O3S. The van der Waals surface area contributed by atoms with E-state index in [0.29, 0.717) is 12.1 Å². The largest absolute Gasteiger partial charge is 0.494 e. The number of hydrogen-bond donors (Lipinski definition) is 3.